The monoisotopic (exact) mass is 428 g/mol. The molecule has 1 aliphatic carbocycles. The molecule has 1 amide bonds. The Morgan fingerprint density at radius 1 is 1.06 bits per heavy atom. The van der Waals surface area contributed by atoms with Gasteiger partial charge in [0.25, 0.3) is 0 Å². The molecule has 3 atom stereocenters. The molecule has 0 radical (unpaired) electrons. The van der Waals surface area contributed by atoms with E-state index >= 15 is 0 Å². The molecule has 31 heavy (non-hydrogen) atoms. The largest absolute Gasteiger partial charge is 0.391 e. The fraction of sp³-hybridized carbons (Fsp3) is 0.720. The van der Waals surface area contributed by atoms with Crippen molar-refractivity contribution in [2.75, 3.05) is 52.9 Å². The van der Waals surface area contributed by atoms with E-state index in [1.165, 1.54) is 5.56 Å². The summed E-state index contributed by atoms with van der Waals surface area (Å²) in [5.41, 5.74) is 1.19. The van der Waals surface area contributed by atoms with E-state index in [9.17, 15) is 9.90 Å². The Kier molecular flexibility index (Phi) is 7.64. The predicted molar refractivity (Wildman–Crippen MR) is 124 cm³/mol. The van der Waals surface area contributed by atoms with Crippen LogP contribution in [0.5, 0.6) is 0 Å². The molecule has 2 heterocycles. The molecule has 0 spiro atoms. The van der Waals surface area contributed by atoms with Crippen LogP contribution >= 0.6 is 0 Å². The summed E-state index contributed by atoms with van der Waals surface area (Å²) in [6.07, 6.45) is 5.22. The first-order valence-electron chi connectivity index (χ1n) is 12.2. The third-order valence-corrected chi connectivity index (χ3v) is 7.99. The number of nitrogens with zero attached hydrogens (tertiary/aromatic N) is 2. The predicted octanol–water partition coefficient (Wildman–Crippen LogP) is 1.59. The number of aliphatic hydroxyl groups excluding tert-OH is 1. The average Bonchev–Trinajstić information content (AvgIpc) is 2.99. The van der Waals surface area contributed by atoms with Crippen molar-refractivity contribution < 1.29 is 9.90 Å². The summed E-state index contributed by atoms with van der Waals surface area (Å²) in [5, 5.41) is 17.8. The fourth-order valence-electron chi connectivity index (χ4n) is 5.78. The van der Waals surface area contributed by atoms with E-state index in [-0.39, 0.29) is 29.4 Å². The second-order valence-corrected chi connectivity index (χ2v) is 9.94. The quantitative estimate of drug-likeness (QED) is 0.622. The maximum absolute atomic E-state index is 12.9. The molecular weight excluding hydrogens is 388 g/mol. The minimum atomic E-state index is -0.297. The van der Waals surface area contributed by atoms with Gasteiger partial charge < -0.3 is 20.6 Å². The van der Waals surface area contributed by atoms with Gasteiger partial charge in [0.1, 0.15) is 0 Å². The number of aliphatic hydroxyl groups is 1. The second-order valence-electron chi connectivity index (χ2n) is 9.94. The van der Waals surface area contributed by atoms with Crippen LogP contribution in [0.15, 0.2) is 30.3 Å². The first-order valence-corrected chi connectivity index (χ1v) is 12.2. The Bertz CT molecular complexity index is 701. The fourth-order valence-corrected chi connectivity index (χ4v) is 5.78. The topological polar surface area (TPSA) is 67.8 Å². The number of carbonyl (C=O) groups is 1. The van der Waals surface area contributed by atoms with Gasteiger partial charge in [-0.05, 0) is 64.2 Å². The highest BCUT2D eigenvalue weighted by atomic mass is 16.3. The molecule has 1 aromatic rings. The second kappa shape index (κ2) is 10.4. The Morgan fingerprint density at radius 3 is 2.45 bits per heavy atom. The van der Waals surface area contributed by atoms with Gasteiger partial charge in [-0.25, -0.2) is 0 Å². The van der Waals surface area contributed by atoms with Crippen molar-refractivity contribution in [3.63, 3.8) is 0 Å². The Balaban J connectivity index is 1.48. The van der Waals surface area contributed by atoms with E-state index in [1.807, 2.05) is 0 Å². The van der Waals surface area contributed by atoms with Gasteiger partial charge in [0, 0.05) is 50.1 Å². The van der Waals surface area contributed by atoms with Gasteiger partial charge in [-0.2, -0.15) is 0 Å². The molecule has 1 aromatic carbocycles. The lowest BCUT2D eigenvalue weighted by Crippen LogP contribution is -2.52. The van der Waals surface area contributed by atoms with E-state index in [0.29, 0.717) is 6.54 Å². The minimum absolute atomic E-state index is 0.105. The molecule has 3 N–H and O–H groups in total. The number of likely N-dealkylation sites (N-methyl/N-ethyl adjacent to an activating group) is 1. The van der Waals surface area contributed by atoms with Crippen molar-refractivity contribution in [1.29, 1.82) is 0 Å². The molecular formula is C25H40N4O2. The molecule has 172 valence electrons. The zero-order chi connectivity index (χ0) is 21.7. The molecule has 3 fully saturated rings. The number of hydrogen-bond donors (Lipinski definition) is 3. The van der Waals surface area contributed by atoms with E-state index in [1.54, 1.807) is 0 Å². The SMILES string of the molecule is CN1CCN([C@H]2CC[C@](CNC(=O)C3CCNCC3)(c3ccccc3)CC[C@@H]2O)CC1. The summed E-state index contributed by atoms with van der Waals surface area (Å²) in [6, 6.07) is 10.9. The zero-order valence-electron chi connectivity index (χ0n) is 19.1. The first kappa shape index (κ1) is 22.7. The summed E-state index contributed by atoms with van der Waals surface area (Å²) in [4.78, 5) is 17.8. The maximum Gasteiger partial charge on any atom is 0.223 e. The molecule has 6 heteroatoms. The van der Waals surface area contributed by atoms with Crippen LogP contribution in [-0.2, 0) is 10.2 Å². The summed E-state index contributed by atoms with van der Waals surface area (Å²) < 4.78 is 0. The zero-order valence-corrected chi connectivity index (χ0v) is 19.1. The van der Waals surface area contributed by atoms with Gasteiger partial charge in [0.2, 0.25) is 5.91 Å². The Hall–Kier alpha value is -1.47. The highest BCUT2D eigenvalue weighted by Gasteiger charge is 2.40. The molecule has 0 aromatic heterocycles. The highest BCUT2D eigenvalue weighted by Crippen LogP contribution is 2.39. The number of piperidine rings is 1. The van der Waals surface area contributed by atoms with E-state index < -0.39 is 0 Å². The minimum Gasteiger partial charge on any atom is -0.391 e. The van der Waals surface area contributed by atoms with Crippen LogP contribution in [0.25, 0.3) is 0 Å². The van der Waals surface area contributed by atoms with Gasteiger partial charge in [-0.1, -0.05) is 30.3 Å². The Morgan fingerprint density at radius 2 is 1.74 bits per heavy atom. The smallest absolute Gasteiger partial charge is 0.223 e. The van der Waals surface area contributed by atoms with Gasteiger partial charge >= 0.3 is 0 Å². The van der Waals surface area contributed by atoms with Crippen molar-refractivity contribution in [3.8, 4) is 0 Å². The van der Waals surface area contributed by atoms with Crippen molar-refractivity contribution in [2.24, 2.45) is 5.92 Å². The number of nitrogens with one attached hydrogen (secondary N) is 2. The average molecular weight is 429 g/mol. The lowest BCUT2D eigenvalue weighted by molar-refractivity contribution is -0.126. The van der Waals surface area contributed by atoms with Gasteiger partial charge in [-0.3, -0.25) is 9.69 Å². The van der Waals surface area contributed by atoms with Gasteiger partial charge in [0.15, 0.2) is 0 Å². The first-order chi connectivity index (χ1) is 15.1. The van der Waals surface area contributed by atoms with E-state index in [4.69, 9.17) is 0 Å². The number of piperazine rings is 1. The summed E-state index contributed by atoms with van der Waals surface area (Å²) in [5.74, 6) is 0.334. The molecule has 4 rings (SSSR count). The van der Waals surface area contributed by atoms with Crippen molar-refractivity contribution >= 4 is 5.91 Å². The normalized spacial score (nSPS) is 31.8. The van der Waals surface area contributed by atoms with Gasteiger partial charge in [-0.15, -0.1) is 0 Å². The molecule has 0 unspecified atom stereocenters. The number of amides is 1. The van der Waals surface area contributed by atoms with E-state index in [2.05, 4.69) is 57.8 Å². The standard InChI is InChI=1S/C25H40N4O2/c1-28-15-17-29(18-16-28)22-7-11-25(12-8-23(22)30,21-5-3-2-4-6-21)19-27-24(31)20-9-13-26-14-10-20/h2-6,20,22-23,26,30H,7-19H2,1H3,(H,27,31)/t22-,23-,25-/m0/s1. The van der Waals surface area contributed by atoms with E-state index in [0.717, 1.165) is 77.8 Å². The van der Waals surface area contributed by atoms with Crippen LogP contribution in [-0.4, -0.2) is 85.8 Å². The lowest BCUT2D eigenvalue weighted by atomic mass is 9.74. The molecule has 6 nitrogen and oxygen atoms in total. The van der Waals surface area contributed by atoms with Gasteiger partial charge in [0.05, 0.1) is 6.10 Å². The summed E-state index contributed by atoms with van der Waals surface area (Å²) in [6.45, 7) is 6.73. The summed E-state index contributed by atoms with van der Waals surface area (Å²) >= 11 is 0. The Labute approximate surface area is 187 Å². The maximum atomic E-state index is 12.9. The molecule has 1 saturated carbocycles. The van der Waals surface area contributed by atoms with Crippen molar-refractivity contribution in [3.05, 3.63) is 35.9 Å². The third-order valence-electron chi connectivity index (χ3n) is 7.99. The third kappa shape index (κ3) is 5.48. The van der Waals surface area contributed by atoms with Crippen LogP contribution < -0.4 is 10.6 Å². The number of carbonyl (C=O) groups excluding carboxylic acids is 1. The van der Waals surface area contributed by atoms with Crippen LogP contribution in [0.1, 0.15) is 44.1 Å². The number of benzene rings is 1. The molecule has 3 aliphatic rings. The molecule has 0 bridgehead atoms. The number of rotatable bonds is 5. The molecule has 2 saturated heterocycles. The highest BCUT2D eigenvalue weighted by molar-refractivity contribution is 5.78. The van der Waals surface area contributed by atoms with Crippen LogP contribution in [0, 0.1) is 5.92 Å². The lowest BCUT2D eigenvalue weighted by Gasteiger charge is -2.39. The van der Waals surface area contributed by atoms with Crippen LogP contribution in [0.4, 0.5) is 0 Å². The number of hydrogen-bond acceptors (Lipinski definition) is 5. The van der Waals surface area contributed by atoms with Crippen molar-refractivity contribution in [1.82, 2.24) is 20.4 Å². The molecule has 2 aliphatic heterocycles. The van der Waals surface area contributed by atoms with Crippen molar-refractivity contribution in [2.45, 2.75) is 56.1 Å². The summed E-state index contributed by atoms with van der Waals surface area (Å²) in [7, 11) is 2.17. The van der Waals surface area contributed by atoms with Crippen LogP contribution in [0.3, 0.4) is 0 Å². The van der Waals surface area contributed by atoms with Crippen LogP contribution in [0.2, 0.25) is 0 Å².